The average Bonchev–Trinajstić information content (AvgIpc) is 2.30. The number of nitrogens with one attached hydrogen (secondary N) is 1. The molecule has 94 valence electrons. The third-order valence-electron chi connectivity index (χ3n) is 2.40. The first-order valence-corrected chi connectivity index (χ1v) is 5.64. The Morgan fingerprint density at radius 2 is 2.24 bits per heavy atom. The van der Waals surface area contributed by atoms with Gasteiger partial charge in [-0.1, -0.05) is 20.8 Å². The van der Waals surface area contributed by atoms with Crippen LogP contribution in [0.1, 0.15) is 49.2 Å². The minimum Gasteiger partial charge on any atom is -0.290 e. The summed E-state index contributed by atoms with van der Waals surface area (Å²) in [5.41, 5.74) is 2.32. The van der Waals surface area contributed by atoms with Gasteiger partial charge in [-0.2, -0.15) is 5.10 Å². The quantitative estimate of drug-likeness (QED) is 0.451. The Morgan fingerprint density at radius 1 is 1.59 bits per heavy atom. The Kier molecular flexibility index (Phi) is 4.39. The van der Waals surface area contributed by atoms with Crippen molar-refractivity contribution in [1.82, 2.24) is 15.2 Å². The lowest BCUT2D eigenvalue weighted by Gasteiger charge is -2.11. The maximum atomic E-state index is 11.9. The molecule has 0 aliphatic carbocycles. The first-order valence-electron chi connectivity index (χ1n) is 5.64. The lowest BCUT2D eigenvalue weighted by atomic mass is 10.1. The van der Waals surface area contributed by atoms with Crippen LogP contribution < -0.4 is 16.8 Å². The lowest BCUT2D eigenvalue weighted by molar-refractivity contribution is 0.0951. The van der Waals surface area contributed by atoms with Crippen molar-refractivity contribution >= 4 is 5.91 Å². The second kappa shape index (κ2) is 5.58. The maximum absolute atomic E-state index is 11.9. The molecular weight excluding hydrogens is 220 g/mol. The van der Waals surface area contributed by atoms with Crippen molar-refractivity contribution in [3.05, 3.63) is 27.7 Å². The molecule has 3 N–H and O–H groups in total. The number of aromatic nitrogens is 2. The van der Waals surface area contributed by atoms with E-state index in [-0.39, 0.29) is 11.5 Å². The van der Waals surface area contributed by atoms with Gasteiger partial charge in [0, 0.05) is 6.54 Å². The van der Waals surface area contributed by atoms with E-state index in [4.69, 9.17) is 5.84 Å². The number of hydrogen-bond acceptors (Lipinski definition) is 4. The molecule has 0 radical (unpaired) electrons. The molecule has 1 aromatic rings. The Balaban J connectivity index is 3.37. The van der Waals surface area contributed by atoms with Gasteiger partial charge in [-0.3, -0.25) is 15.0 Å². The normalized spacial score (nSPS) is 10.6. The summed E-state index contributed by atoms with van der Waals surface area (Å²) >= 11 is 0. The number of hydrazine groups is 1. The molecule has 0 aliphatic rings. The van der Waals surface area contributed by atoms with Gasteiger partial charge in [0.15, 0.2) is 0 Å². The third-order valence-corrected chi connectivity index (χ3v) is 2.40. The molecule has 0 fully saturated rings. The number of amides is 1. The van der Waals surface area contributed by atoms with Crippen molar-refractivity contribution in [2.75, 3.05) is 0 Å². The molecule has 1 aromatic heterocycles. The SMILES string of the molecule is CCCn1nc(C(C)C)cc(C(=O)NN)c1=O. The summed E-state index contributed by atoms with van der Waals surface area (Å²) in [6.07, 6.45) is 0.776. The van der Waals surface area contributed by atoms with Gasteiger partial charge in [0.25, 0.3) is 11.5 Å². The highest BCUT2D eigenvalue weighted by atomic mass is 16.2. The Hall–Kier alpha value is -1.69. The van der Waals surface area contributed by atoms with Crippen molar-refractivity contribution in [2.45, 2.75) is 39.7 Å². The molecule has 6 heteroatoms. The highest BCUT2D eigenvalue weighted by Crippen LogP contribution is 2.10. The van der Waals surface area contributed by atoms with Gasteiger partial charge >= 0.3 is 0 Å². The number of rotatable bonds is 4. The molecule has 0 aliphatic heterocycles. The van der Waals surface area contributed by atoms with E-state index < -0.39 is 11.5 Å². The first-order chi connectivity index (χ1) is 8.01. The highest BCUT2D eigenvalue weighted by molar-refractivity contribution is 5.93. The molecule has 1 amide bonds. The number of nitrogens with two attached hydrogens (primary N) is 1. The van der Waals surface area contributed by atoms with Crippen LogP contribution in [0.4, 0.5) is 0 Å². The molecule has 1 rings (SSSR count). The monoisotopic (exact) mass is 238 g/mol. The standard InChI is InChI=1S/C11H18N4O2/c1-4-5-15-11(17)8(10(16)13-12)6-9(14-15)7(2)3/h6-7H,4-5,12H2,1-3H3,(H,13,16). The fourth-order valence-electron chi connectivity index (χ4n) is 1.45. The summed E-state index contributed by atoms with van der Waals surface area (Å²) in [6, 6.07) is 1.50. The topological polar surface area (TPSA) is 90.0 Å². The zero-order chi connectivity index (χ0) is 13.0. The van der Waals surface area contributed by atoms with Crippen LogP contribution >= 0.6 is 0 Å². The van der Waals surface area contributed by atoms with E-state index in [0.29, 0.717) is 12.2 Å². The van der Waals surface area contributed by atoms with Crippen LogP contribution in [-0.4, -0.2) is 15.7 Å². The minimum absolute atomic E-state index is 0.0413. The summed E-state index contributed by atoms with van der Waals surface area (Å²) in [5, 5.41) is 4.22. The predicted molar refractivity (Wildman–Crippen MR) is 64.5 cm³/mol. The largest absolute Gasteiger partial charge is 0.290 e. The zero-order valence-electron chi connectivity index (χ0n) is 10.4. The summed E-state index contributed by atoms with van der Waals surface area (Å²) in [5.74, 6) is 4.62. The molecule has 0 aromatic carbocycles. The van der Waals surface area contributed by atoms with Crippen molar-refractivity contribution in [3.8, 4) is 0 Å². The van der Waals surface area contributed by atoms with E-state index in [1.807, 2.05) is 26.2 Å². The van der Waals surface area contributed by atoms with Crippen LogP contribution in [0.15, 0.2) is 10.9 Å². The summed E-state index contributed by atoms with van der Waals surface area (Å²) in [4.78, 5) is 23.4. The lowest BCUT2D eigenvalue weighted by Crippen LogP contribution is -2.38. The number of hydrogen-bond donors (Lipinski definition) is 2. The molecule has 0 saturated heterocycles. The molecule has 17 heavy (non-hydrogen) atoms. The Labute approximate surface area is 99.8 Å². The van der Waals surface area contributed by atoms with E-state index in [1.165, 1.54) is 10.7 Å². The summed E-state index contributed by atoms with van der Waals surface area (Å²) in [7, 11) is 0. The first kappa shape index (κ1) is 13.4. The Morgan fingerprint density at radius 3 is 2.71 bits per heavy atom. The van der Waals surface area contributed by atoms with Crippen molar-refractivity contribution < 1.29 is 4.79 Å². The fourth-order valence-corrected chi connectivity index (χ4v) is 1.45. The molecule has 1 heterocycles. The number of nitrogens with zero attached hydrogens (tertiary/aromatic N) is 2. The maximum Gasteiger partial charge on any atom is 0.279 e. The van der Waals surface area contributed by atoms with Crippen LogP contribution in [0.25, 0.3) is 0 Å². The molecule has 0 spiro atoms. The second-order valence-electron chi connectivity index (χ2n) is 4.14. The van der Waals surface area contributed by atoms with Gasteiger partial charge in [0.1, 0.15) is 5.56 Å². The Bertz CT molecular complexity index is 465. The zero-order valence-corrected chi connectivity index (χ0v) is 10.4. The van der Waals surface area contributed by atoms with Crippen LogP contribution in [0.5, 0.6) is 0 Å². The van der Waals surface area contributed by atoms with Crippen molar-refractivity contribution in [3.63, 3.8) is 0 Å². The van der Waals surface area contributed by atoms with Crippen LogP contribution in [-0.2, 0) is 6.54 Å². The van der Waals surface area contributed by atoms with E-state index in [2.05, 4.69) is 5.10 Å². The number of carbonyl (C=O) groups is 1. The summed E-state index contributed by atoms with van der Waals surface area (Å²) in [6.45, 7) is 6.34. The molecule has 0 saturated carbocycles. The van der Waals surface area contributed by atoms with Gasteiger partial charge in [-0.25, -0.2) is 10.5 Å². The molecule has 0 unspecified atom stereocenters. The minimum atomic E-state index is -0.579. The van der Waals surface area contributed by atoms with Gasteiger partial charge < -0.3 is 0 Å². The average molecular weight is 238 g/mol. The van der Waals surface area contributed by atoms with Crippen LogP contribution in [0.2, 0.25) is 0 Å². The molecular formula is C11H18N4O2. The van der Waals surface area contributed by atoms with Crippen LogP contribution in [0.3, 0.4) is 0 Å². The van der Waals surface area contributed by atoms with Crippen molar-refractivity contribution in [1.29, 1.82) is 0 Å². The van der Waals surface area contributed by atoms with E-state index in [0.717, 1.165) is 6.42 Å². The van der Waals surface area contributed by atoms with Gasteiger partial charge in [0.05, 0.1) is 5.69 Å². The molecule has 6 nitrogen and oxygen atoms in total. The van der Waals surface area contributed by atoms with E-state index >= 15 is 0 Å². The number of aryl methyl sites for hydroxylation is 1. The summed E-state index contributed by atoms with van der Waals surface area (Å²) < 4.78 is 1.32. The van der Waals surface area contributed by atoms with E-state index in [9.17, 15) is 9.59 Å². The molecule has 0 bridgehead atoms. The number of nitrogen functional groups attached to an aromatic ring is 1. The van der Waals surface area contributed by atoms with Crippen molar-refractivity contribution in [2.24, 2.45) is 5.84 Å². The highest BCUT2D eigenvalue weighted by Gasteiger charge is 2.15. The number of carbonyl (C=O) groups excluding carboxylic acids is 1. The van der Waals surface area contributed by atoms with Gasteiger partial charge in [-0.05, 0) is 18.4 Å². The molecule has 0 atom stereocenters. The predicted octanol–water partition coefficient (Wildman–Crippen LogP) is 0.380. The van der Waals surface area contributed by atoms with Crippen LogP contribution in [0, 0.1) is 0 Å². The second-order valence-corrected chi connectivity index (χ2v) is 4.14. The fraction of sp³-hybridized carbons (Fsp3) is 0.545. The van der Waals surface area contributed by atoms with Gasteiger partial charge in [0.2, 0.25) is 0 Å². The smallest absolute Gasteiger partial charge is 0.279 e. The van der Waals surface area contributed by atoms with Gasteiger partial charge in [-0.15, -0.1) is 0 Å². The van der Waals surface area contributed by atoms with E-state index in [1.54, 1.807) is 0 Å². The third kappa shape index (κ3) is 2.91.